The Hall–Kier alpha value is -1.98. The number of carboxylic acid groups (broad SMARTS) is 2. The van der Waals surface area contributed by atoms with Crippen molar-refractivity contribution in [3.63, 3.8) is 0 Å². The molecule has 0 radical (unpaired) electrons. The first kappa shape index (κ1) is 10.1. The Bertz CT molecular complexity index is 374. The molecule has 14 heavy (non-hydrogen) atoms. The van der Waals surface area contributed by atoms with E-state index in [4.69, 9.17) is 10.2 Å². The van der Waals surface area contributed by atoms with Gasteiger partial charge < -0.3 is 10.2 Å². The monoisotopic (exact) mass is 196 g/mol. The summed E-state index contributed by atoms with van der Waals surface area (Å²) in [6.07, 6.45) is 0. The standard InChI is InChI=1S/C8H8N2O4/c1-3-5(7(11)12)10-4(2)6(9-3)8(13)14/h1-2H3,(H,11,12)(H,13,14). The highest BCUT2D eigenvalue weighted by molar-refractivity contribution is 5.89. The number of aromatic nitrogens is 2. The van der Waals surface area contributed by atoms with Gasteiger partial charge in [-0.1, -0.05) is 0 Å². The Morgan fingerprint density at radius 1 is 0.929 bits per heavy atom. The molecule has 1 aromatic heterocycles. The number of nitrogens with zero attached hydrogens (tertiary/aromatic N) is 2. The third-order valence-electron chi connectivity index (χ3n) is 1.65. The second kappa shape index (κ2) is 3.41. The molecule has 1 heterocycles. The Balaban J connectivity index is 3.38. The zero-order valence-corrected chi connectivity index (χ0v) is 7.61. The SMILES string of the molecule is Cc1nc(C(=O)O)c(C)nc1C(=O)O. The van der Waals surface area contributed by atoms with Crippen LogP contribution >= 0.6 is 0 Å². The Labute approximate surface area is 79.2 Å². The summed E-state index contributed by atoms with van der Waals surface area (Å²) in [5.41, 5.74) is -0.235. The summed E-state index contributed by atoms with van der Waals surface area (Å²) >= 11 is 0. The fourth-order valence-electron chi connectivity index (χ4n) is 1.01. The van der Waals surface area contributed by atoms with Crippen molar-refractivity contribution in [3.8, 4) is 0 Å². The Morgan fingerprint density at radius 3 is 1.43 bits per heavy atom. The van der Waals surface area contributed by atoms with Crippen LogP contribution in [0, 0.1) is 13.8 Å². The van der Waals surface area contributed by atoms with Gasteiger partial charge in [0.15, 0.2) is 11.4 Å². The van der Waals surface area contributed by atoms with E-state index in [2.05, 4.69) is 9.97 Å². The van der Waals surface area contributed by atoms with Crippen molar-refractivity contribution < 1.29 is 19.8 Å². The lowest BCUT2D eigenvalue weighted by molar-refractivity contribution is 0.0668. The number of hydrogen-bond acceptors (Lipinski definition) is 4. The molecule has 0 saturated heterocycles. The normalized spacial score (nSPS) is 9.86. The lowest BCUT2D eigenvalue weighted by Crippen LogP contribution is -2.13. The van der Waals surface area contributed by atoms with Crippen molar-refractivity contribution in [2.75, 3.05) is 0 Å². The van der Waals surface area contributed by atoms with Gasteiger partial charge in [-0.05, 0) is 13.8 Å². The molecule has 6 heteroatoms. The number of carboxylic acids is 2. The molecule has 0 spiro atoms. The maximum atomic E-state index is 10.6. The van der Waals surface area contributed by atoms with Gasteiger partial charge in [-0.3, -0.25) is 0 Å². The van der Waals surface area contributed by atoms with Gasteiger partial charge in [-0.25, -0.2) is 19.6 Å². The summed E-state index contributed by atoms with van der Waals surface area (Å²) in [7, 11) is 0. The minimum absolute atomic E-state index is 0.0977. The third kappa shape index (κ3) is 1.68. The number of rotatable bonds is 2. The maximum Gasteiger partial charge on any atom is 0.356 e. The van der Waals surface area contributed by atoms with Crippen LogP contribution in [0.2, 0.25) is 0 Å². The Morgan fingerprint density at radius 2 is 1.21 bits per heavy atom. The first-order valence-corrected chi connectivity index (χ1v) is 3.75. The van der Waals surface area contributed by atoms with Crippen molar-refractivity contribution in [1.29, 1.82) is 0 Å². The van der Waals surface area contributed by atoms with E-state index in [0.29, 0.717) is 0 Å². The van der Waals surface area contributed by atoms with Gasteiger partial charge in [-0.15, -0.1) is 0 Å². The largest absolute Gasteiger partial charge is 0.476 e. The predicted molar refractivity (Wildman–Crippen MR) is 45.4 cm³/mol. The molecule has 0 aliphatic rings. The van der Waals surface area contributed by atoms with Crippen LogP contribution in [0.3, 0.4) is 0 Å². The van der Waals surface area contributed by atoms with E-state index in [1.165, 1.54) is 13.8 Å². The van der Waals surface area contributed by atoms with Crippen LogP contribution < -0.4 is 0 Å². The van der Waals surface area contributed by atoms with Crippen LogP contribution in [-0.4, -0.2) is 32.1 Å². The van der Waals surface area contributed by atoms with Gasteiger partial charge in [0.25, 0.3) is 0 Å². The molecule has 2 N–H and O–H groups in total. The van der Waals surface area contributed by atoms with E-state index >= 15 is 0 Å². The van der Waals surface area contributed by atoms with E-state index in [9.17, 15) is 9.59 Å². The van der Waals surface area contributed by atoms with Gasteiger partial charge in [0.2, 0.25) is 0 Å². The van der Waals surface area contributed by atoms with Crippen LogP contribution in [0.5, 0.6) is 0 Å². The van der Waals surface area contributed by atoms with Gasteiger partial charge >= 0.3 is 11.9 Å². The van der Waals surface area contributed by atoms with E-state index in [1.807, 2.05) is 0 Å². The number of hydrogen-bond donors (Lipinski definition) is 2. The fourth-order valence-corrected chi connectivity index (χ4v) is 1.01. The third-order valence-corrected chi connectivity index (χ3v) is 1.65. The molecule has 0 saturated carbocycles. The minimum Gasteiger partial charge on any atom is -0.476 e. The molecule has 0 unspecified atom stereocenters. The molecule has 6 nitrogen and oxygen atoms in total. The maximum absolute atomic E-state index is 10.6. The van der Waals surface area contributed by atoms with Crippen LogP contribution in [0.15, 0.2) is 0 Å². The molecule has 0 aliphatic heterocycles. The van der Waals surface area contributed by atoms with E-state index in [0.717, 1.165) is 0 Å². The first-order chi connectivity index (χ1) is 6.43. The van der Waals surface area contributed by atoms with Crippen LogP contribution in [0.1, 0.15) is 32.4 Å². The highest BCUT2D eigenvalue weighted by Crippen LogP contribution is 2.07. The highest BCUT2D eigenvalue weighted by atomic mass is 16.4. The van der Waals surface area contributed by atoms with Crippen molar-refractivity contribution in [2.24, 2.45) is 0 Å². The van der Waals surface area contributed by atoms with Gasteiger partial charge in [0.1, 0.15) is 0 Å². The zero-order chi connectivity index (χ0) is 10.9. The number of aromatic carboxylic acids is 2. The second-order valence-corrected chi connectivity index (χ2v) is 2.70. The van der Waals surface area contributed by atoms with Crippen molar-refractivity contribution in [2.45, 2.75) is 13.8 Å². The molecule has 0 fully saturated rings. The van der Waals surface area contributed by atoms with Crippen LogP contribution in [-0.2, 0) is 0 Å². The molecule has 1 aromatic rings. The summed E-state index contributed by atoms with van der Waals surface area (Å²) in [5, 5.41) is 17.3. The summed E-state index contributed by atoms with van der Waals surface area (Å²) in [6.45, 7) is 2.81. The molecule has 0 atom stereocenters. The lowest BCUT2D eigenvalue weighted by atomic mass is 10.2. The summed E-state index contributed by atoms with van der Waals surface area (Å²) in [4.78, 5) is 28.5. The van der Waals surface area contributed by atoms with E-state index in [-0.39, 0.29) is 22.8 Å². The molecule has 0 amide bonds. The second-order valence-electron chi connectivity index (χ2n) is 2.70. The lowest BCUT2D eigenvalue weighted by Gasteiger charge is -2.03. The average Bonchev–Trinajstić information content (AvgIpc) is 2.07. The van der Waals surface area contributed by atoms with Crippen molar-refractivity contribution in [3.05, 3.63) is 22.8 Å². The molecule has 0 bridgehead atoms. The average molecular weight is 196 g/mol. The molecule has 0 aromatic carbocycles. The summed E-state index contributed by atoms with van der Waals surface area (Å²) < 4.78 is 0. The van der Waals surface area contributed by atoms with Gasteiger partial charge in [0.05, 0.1) is 11.4 Å². The summed E-state index contributed by atoms with van der Waals surface area (Å²) in [5.74, 6) is -2.43. The number of aryl methyl sites for hydroxylation is 2. The van der Waals surface area contributed by atoms with Gasteiger partial charge in [-0.2, -0.15) is 0 Å². The first-order valence-electron chi connectivity index (χ1n) is 3.75. The molecule has 74 valence electrons. The van der Waals surface area contributed by atoms with Crippen LogP contribution in [0.4, 0.5) is 0 Å². The molecule has 1 rings (SSSR count). The quantitative estimate of drug-likeness (QED) is 0.713. The zero-order valence-electron chi connectivity index (χ0n) is 7.61. The van der Waals surface area contributed by atoms with E-state index in [1.54, 1.807) is 0 Å². The smallest absolute Gasteiger partial charge is 0.356 e. The summed E-state index contributed by atoms with van der Waals surface area (Å²) in [6, 6.07) is 0. The number of carbonyl (C=O) groups is 2. The molecule has 0 aliphatic carbocycles. The topological polar surface area (TPSA) is 100 Å². The van der Waals surface area contributed by atoms with Crippen molar-refractivity contribution in [1.82, 2.24) is 9.97 Å². The van der Waals surface area contributed by atoms with Gasteiger partial charge in [0, 0.05) is 0 Å². The molecular formula is C8H8N2O4. The Kier molecular flexibility index (Phi) is 2.46. The fraction of sp³-hybridized carbons (Fsp3) is 0.250. The highest BCUT2D eigenvalue weighted by Gasteiger charge is 2.17. The predicted octanol–water partition coefficient (Wildman–Crippen LogP) is 0.490. The minimum atomic E-state index is -1.21. The van der Waals surface area contributed by atoms with E-state index < -0.39 is 11.9 Å². The molecular weight excluding hydrogens is 188 g/mol. The van der Waals surface area contributed by atoms with Crippen LogP contribution in [0.25, 0.3) is 0 Å². The van der Waals surface area contributed by atoms with Crippen molar-refractivity contribution >= 4 is 11.9 Å².